The number of rotatable bonds is 6. The highest BCUT2D eigenvalue weighted by atomic mass is 32.2. The highest BCUT2D eigenvalue weighted by Crippen LogP contribution is 2.21. The zero-order chi connectivity index (χ0) is 16.9. The molecule has 0 bridgehead atoms. The standard InChI is InChI=1S/C17H24N2O3S/c1-13-15(9-6-10-16(13)19-23(2,21)22)17(20)18-12-11-14-7-4-3-5-8-14/h6-7,9-10,19H,3-5,8,11-12H2,1-2H3,(H,18,20). The van der Waals surface area contributed by atoms with Crippen LogP contribution in [0.4, 0.5) is 5.69 Å². The molecule has 6 heteroatoms. The van der Waals surface area contributed by atoms with Gasteiger partial charge in [0.05, 0.1) is 11.9 Å². The number of carbonyl (C=O) groups excluding carboxylic acids is 1. The van der Waals surface area contributed by atoms with Gasteiger partial charge in [-0.3, -0.25) is 9.52 Å². The van der Waals surface area contributed by atoms with Gasteiger partial charge in [-0.2, -0.15) is 0 Å². The summed E-state index contributed by atoms with van der Waals surface area (Å²) in [5.74, 6) is -0.170. The molecule has 2 rings (SSSR count). The Morgan fingerprint density at radius 2 is 2.04 bits per heavy atom. The fourth-order valence-electron chi connectivity index (χ4n) is 2.76. The minimum atomic E-state index is -3.36. The van der Waals surface area contributed by atoms with Crippen LogP contribution in [0.5, 0.6) is 0 Å². The maximum absolute atomic E-state index is 12.3. The van der Waals surface area contributed by atoms with Crippen LogP contribution in [0.3, 0.4) is 0 Å². The molecular formula is C17H24N2O3S. The second-order valence-electron chi connectivity index (χ2n) is 5.97. The molecule has 0 radical (unpaired) electrons. The van der Waals surface area contributed by atoms with E-state index in [4.69, 9.17) is 0 Å². The van der Waals surface area contributed by atoms with Crippen molar-refractivity contribution in [2.45, 2.75) is 39.0 Å². The molecule has 0 aromatic heterocycles. The van der Waals surface area contributed by atoms with Crippen LogP contribution >= 0.6 is 0 Å². The molecule has 0 aliphatic heterocycles. The molecule has 1 aromatic rings. The van der Waals surface area contributed by atoms with E-state index in [1.165, 1.54) is 18.4 Å². The average Bonchev–Trinajstić information content (AvgIpc) is 2.49. The quantitative estimate of drug-likeness (QED) is 0.784. The maximum atomic E-state index is 12.3. The third kappa shape index (κ3) is 5.39. The predicted octanol–water partition coefficient (Wildman–Crippen LogP) is 2.99. The molecule has 0 heterocycles. The smallest absolute Gasteiger partial charge is 0.251 e. The molecule has 2 N–H and O–H groups in total. The lowest BCUT2D eigenvalue weighted by atomic mass is 9.97. The number of anilines is 1. The summed E-state index contributed by atoms with van der Waals surface area (Å²) >= 11 is 0. The van der Waals surface area contributed by atoms with Crippen LogP contribution in [-0.4, -0.2) is 27.1 Å². The van der Waals surface area contributed by atoms with Gasteiger partial charge < -0.3 is 5.32 Å². The number of carbonyl (C=O) groups is 1. The van der Waals surface area contributed by atoms with Crippen molar-refractivity contribution >= 4 is 21.6 Å². The summed E-state index contributed by atoms with van der Waals surface area (Å²) in [4.78, 5) is 12.3. The van der Waals surface area contributed by atoms with Crippen LogP contribution in [0.2, 0.25) is 0 Å². The van der Waals surface area contributed by atoms with Gasteiger partial charge in [0.1, 0.15) is 0 Å². The van der Waals surface area contributed by atoms with Crippen LogP contribution in [-0.2, 0) is 10.0 Å². The summed E-state index contributed by atoms with van der Waals surface area (Å²) in [5, 5.41) is 2.92. The minimum absolute atomic E-state index is 0.170. The van der Waals surface area contributed by atoms with Crippen LogP contribution < -0.4 is 10.0 Å². The number of amides is 1. The molecule has 0 saturated heterocycles. The van der Waals surface area contributed by atoms with E-state index in [2.05, 4.69) is 16.1 Å². The fraction of sp³-hybridized carbons (Fsp3) is 0.471. The van der Waals surface area contributed by atoms with Crippen LogP contribution in [0.15, 0.2) is 29.8 Å². The summed E-state index contributed by atoms with van der Waals surface area (Å²) in [6, 6.07) is 5.04. The van der Waals surface area contributed by atoms with E-state index in [1.807, 2.05) is 0 Å². The van der Waals surface area contributed by atoms with Gasteiger partial charge in [0.2, 0.25) is 10.0 Å². The van der Waals surface area contributed by atoms with Gasteiger partial charge in [-0.05, 0) is 56.7 Å². The van der Waals surface area contributed by atoms with Crippen molar-refractivity contribution in [2.24, 2.45) is 0 Å². The Labute approximate surface area is 138 Å². The van der Waals surface area contributed by atoms with Crippen molar-refractivity contribution in [1.82, 2.24) is 5.32 Å². The van der Waals surface area contributed by atoms with Gasteiger partial charge >= 0.3 is 0 Å². The highest BCUT2D eigenvalue weighted by Gasteiger charge is 2.13. The summed E-state index contributed by atoms with van der Waals surface area (Å²) < 4.78 is 25.2. The zero-order valence-electron chi connectivity index (χ0n) is 13.7. The van der Waals surface area contributed by atoms with E-state index in [1.54, 1.807) is 25.1 Å². The molecule has 126 valence electrons. The first-order valence-corrected chi connectivity index (χ1v) is 9.79. The molecule has 0 spiro atoms. The first-order valence-electron chi connectivity index (χ1n) is 7.90. The van der Waals surface area contributed by atoms with Gasteiger partial charge in [-0.25, -0.2) is 8.42 Å². The Morgan fingerprint density at radius 3 is 2.70 bits per heavy atom. The number of nitrogens with one attached hydrogen (secondary N) is 2. The lowest BCUT2D eigenvalue weighted by molar-refractivity contribution is 0.0953. The molecule has 5 nitrogen and oxygen atoms in total. The molecule has 1 aliphatic rings. The topological polar surface area (TPSA) is 75.3 Å². The van der Waals surface area contributed by atoms with Crippen molar-refractivity contribution < 1.29 is 13.2 Å². The van der Waals surface area contributed by atoms with Crippen molar-refractivity contribution in [2.75, 3.05) is 17.5 Å². The van der Waals surface area contributed by atoms with Crippen molar-refractivity contribution in [3.8, 4) is 0 Å². The Morgan fingerprint density at radius 1 is 1.26 bits per heavy atom. The number of benzene rings is 1. The third-order valence-electron chi connectivity index (χ3n) is 3.99. The second-order valence-corrected chi connectivity index (χ2v) is 7.71. The summed E-state index contributed by atoms with van der Waals surface area (Å²) in [7, 11) is -3.36. The maximum Gasteiger partial charge on any atom is 0.251 e. The first kappa shape index (κ1) is 17.5. The van der Waals surface area contributed by atoms with Crippen LogP contribution in [0.25, 0.3) is 0 Å². The Bertz CT molecular complexity index is 709. The first-order chi connectivity index (χ1) is 10.9. The normalized spacial score (nSPS) is 15.0. The number of allylic oxidation sites excluding steroid dienone is 1. The zero-order valence-corrected chi connectivity index (χ0v) is 14.5. The van der Waals surface area contributed by atoms with E-state index >= 15 is 0 Å². The number of sulfonamides is 1. The highest BCUT2D eigenvalue weighted by molar-refractivity contribution is 7.92. The van der Waals surface area contributed by atoms with Gasteiger partial charge in [0.25, 0.3) is 5.91 Å². The minimum Gasteiger partial charge on any atom is -0.352 e. The summed E-state index contributed by atoms with van der Waals surface area (Å²) in [6.45, 7) is 2.35. The molecule has 1 aromatic carbocycles. The molecule has 1 amide bonds. The predicted molar refractivity (Wildman–Crippen MR) is 93.1 cm³/mol. The Hall–Kier alpha value is -1.82. The van der Waals surface area contributed by atoms with Crippen molar-refractivity contribution in [3.63, 3.8) is 0 Å². The molecule has 1 aliphatic carbocycles. The third-order valence-corrected chi connectivity index (χ3v) is 4.58. The Kier molecular flexibility index (Phi) is 5.82. The molecule has 0 unspecified atom stereocenters. The van der Waals surface area contributed by atoms with E-state index in [0.717, 1.165) is 25.5 Å². The number of hydrogen-bond acceptors (Lipinski definition) is 3. The van der Waals surface area contributed by atoms with Crippen LogP contribution in [0.1, 0.15) is 48.0 Å². The average molecular weight is 336 g/mol. The molecular weight excluding hydrogens is 312 g/mol. The van der Waals surface area contributed by atoms with E-state index in [0.29, 0.717) is 23.4 Å². The lowest BCUT2D eigenvalue weighted by Crippen LogP contribution is -2.26. The summed E-state index contributed by atoms with van der Waals surface area (Å²) in [5.41, 5.74) is 2.99. The number of hydrogen-bond donors (Lipinski definition) is 2. The molecule has 23 heavy (non-hydrogen) atoms. The van der Waals surface area contributed by atoms with Gasteiger partial charge in [0.15, 0.2) is 0 Å². The second kappa shape index (κ2) is 7.64. The lowest BCUT2D eigenvalue weighted by Gasteiger charge is -2.14. The largest absolute Gasteiger partial charge is 0.352 e. The van der Waals surface area contributed by atoms with Crippen molar-refractivity contribution in [3.05, 3.63) is 41.0 Å². The Balaban J connectivity index is 1.99. The van der Waals surface area contributed by atoms with Crippen LogP contribution in [0, 0.1) is 6.92 Å². The van der Waals surface area contributed by atoms with Gasteiger partial charge in [-0.15, -0.1) is 0 Å². The van der Waals surface area contributed by atoms with Gasteiger partial charge in [0, 0.05) is 12.1 Å². The van der Waals surface area contributed by atoms with Crippen molar-refractivity contribution in [1.29, 1.82) is 0 Å². The monoisotopic (exact) mass is 336 g/mol. The summed E-state index contributed by atoms with van der Waals surface area (Å²) in [6.07, 6.45) is 9.01. The molecule has 0 fully saturated rings. The molecule has 0 saturated carbocycles. The van der Waals surface area contributed by atoms with E-state index in [9.17, 15) is 13.2 Å². The van der Waals surface area contributed by atoms with E-state index < -0.39 is 10.0 Å². The SMILES string of the molecule is Cc1c(NS(C)(=O)=O)cccc1C(=O)NCCC1=CCCCC1. The van der Waals surface area contributed by atoms with E-state index in [-0.39, 0.29) is 5.91 Å². The fourth-order valence-corrected chi connectivity index (χ4v) is 3.38. The molecule has 0 atom stereocenters. The van der Waals surface area contributed by atoms with Gasteiger partial charge in [-0.1, -0.05) is 17.7 Å².